The van der Waals surface area contributed by atoms with Crippen molar-refractivity contribution in [3.63, 3.8) is 0 Å². The van der Waals surface area contributed by atoms with Gasteiger partial charge >= 0.3 is 0 Å². The van der Waals surface area contributed by atoms with Gasteiger partial charge in [0.15, 0.2) is 0 Å². The summed E-state index contributed by atoms with van der Waals surface area (Å²) in [7, 11) is 0. The van der Waals surface area contributed by atoms with Gasteiger partial charge in [0.1, 0.15) is 0 Å². The lowest BCUT2D eigenvalue weighted by atomic mass is 10.0. The summed E-state index contributed by atoms with van der Waals surface area (Å²) in [6.45, 7) is 0. The molecule has 0 aliphatic heterocycles. The van der Waals surface area contributed by atoms with Crippen LogP contribution in [0.15, 0.2) is 78.9 Å². The summed E-state index contributed by atoms with van der Waals surface area (Å²) in [6.07, 6.45) is 8.65. The fourth-order valence-electron chi connectivity index (χ4n) is 4.16. The van der Waals surface area contributed by atoms with Crippen LogP contribution in [-0.2, 0) is 25.7 Å². The fraction of sp³-hybridized carbons (Fsp3) is 0.160. The smallest absolute Gasteiger partial charge is 0.0450 e. The predicted octanol–water partition coefficient (Wildman–Crippen LogP) is 5.45. The number of nitrogens with zero attached hydrogens (tertiary/aromatic N) is 1. The molecule has 26 heavy (non-hydrogen) atoms. The van der Waals surface area contributed by atoms with E-state index in [2.05, 4.69) is 78.9 Å². The van der Waals surface area contributed by atoms with E-state index in [4.69, 9.17) is 4.98 Å². The number of rotatable bonds is 4. The minimum absolute atomic E-state index is 0.917. The zero-order valence-electron chi connectivity index (χ0n) is 14.8. The highest BCUT2D eigenvalue weighted by molar-refractivity contribution is 5.75. The van der Waals surface area contributed by atoms with Crippen LogP contribution in [0.25, 0.3) is 11.1 Å². The largest absolute Gasteiger partial charge is 0.257 e. The quantitative estimate of drug-likeness (QED) is 0.618. The molecule has 0 N–H and O–H groups in total. The number of hydrogen-bond donors (Lipinski definition) is 0. The minimum atomic E-state index is 0.917. The summed E-state index contributed by atoms with van der Waals surface area (Å²) in [5.41, 5.74) is 10.8. The first-order chi connectivity index (χ1) is 12.9. The number of pyridine rings is 1. The van der Waals surface area contributed by atoms with Crippen LogP contribution in [0.4, 0.5) is 0 Å². The van der Waals surface area contributed by atoms with E-state index in [9.17, 15) is 0 Å². The molecular formula is C25H21N. The van der Waals surface area contributed by atoms with Gasteiger partial charge in [-0.2, -0.15) is 0 Å². The molecule has 0 atom stereocenters. The Morgan fingerprint density at radius 1 is 0.577 bits per heavy atom. The van der Waals surface area contributed by atoms with E-state index in [-0.39, 0.29) is 0 Å². The first-order valence-electron chi connectivity index (χ1n) is 9.36. The number of aromatic nitrogens is 1. The second-order valence-corrected chi connectivity index (χ2v) is 7.16. The normalized spacial score (nSPS) is 14.6. The molecule has 0 bridgehead atoms. The first kappa shape index (κ1) is 15.3. The topological polar surface area (TPSA) is 12.9 Å². The predicted molar refractivity (Wildman–Crippen MR) is 108 cm³/mol. The minimum Gasteiger partial charge on any atom is -0.257 e. The van der Waals surface area contributed by atoms with E-state index in [1.54, 1.807) is 0 Å². The molecule has 1 heteroatoms. The molecule has 2 aliphatic rings. The van der Waals surface area contributed by atoms with Crippen molar-refractivity contribution in [3.05, 3.63) is 113 Å². The molecule has 1 heterocycles. The third kappa shape index (κ3) is 2.80. The van der Waals surface area contributed by atoms with Crippen LogP contribution < -0.4 is 0 Å². The molecule has 0 radical (unpaired) electrons. The standard InChI is InChI=1S/C25H21N/c1-3-10-24-18(6-1)12-14-20(24)16-22-8-5-9-23(26-22)17-21-15-13-19-7-2-4-11-25(19)21/h1-11,14-15H,12-13,16-17H2. The van der Waals surface area contributed by atoms with Gasteiger partial charge in [0.2, 0.25) is 0 Å². The number of hydrogen-bond acceptors (Lipinski definition) is 1. The lowest BCUT2D eigenvalue weighted by Gasteiger charge is -2.09. The molecule has 0 amide bonds. The number of fused-ring (bicyclic) bond motifs is 2. The Bertz CT molecular complexity index is 959. The molecular weight excluding hydrogens is 314 g/mol. The van der Waals surface area contributed by atoms with Gasteiger partial charge < -0.3 is 0 Å². The Morgan fingerprint density at radius 3 is 1.62 bits per heavy atom. The van der Waals surface area contributed by atoms with Gasteiger partial charge in [0, 0.05) is 24.2 Å². The van der Waals surface area contributed by atoms with Gasteiger partial charge in [0.05, 0.1) is 0 Å². The van der Waals surface area contributed by atoms with Crippen LogP contribution >= 0.6 is 0 Å². The molecule has 2 aromatic carbocycles. The highest BCUT2D eigenvalue weighted by atomic mass is 14.7. The Labute approximate surface area is 154 Å². The maximum absolute atomic E-state index is 4.96. The van der Waals surface area contributed by atoms with Crippen molar-refractivity contribution in [1.82, 2.24) is 4.98 Å². The average Bonchev–Trinajstić information content (AvgIpc) is 3.27. The maximum atomic E-state index is 4.96. The summed E-state index contributed by atoms with van der Waals surface area (Å²) >= 11 is 0. The van der Waals surface area contributed by atoms with E-state index < -0.39 is 0 Å². The van der Waals surface area contributed by atoms with Crippen molar-refractivity contribution in [2.75, 3.05) is 0 Å². The Hall–Kier alpha value is -2.93. The third-order valence-corrected chi connectivity index (χ3v) is 5.47. The SMILES string of the molecule is C1=C(Cc2cccc(CC3=CCc4ccccc43)n2)c2ccccc2C1. The summed E-state index contributed by atoms with van der Waals surface area (Å²) < 4.78 is 0. The molecule has 0 saturated carbocycles. The molecule has 1 aromatic heterocycles. The molecule has 3 aromatic rings. The van der Waals surface area contributed by atoms with E-state index >= 15 is 0 Å². The van der Waals surface area contributed by atoms with Gasteiger partial charge in [-0.25, -0.2) is 0 Å². The Kier molecular flexibility index (Phi) is 3.79. The second-order valence-electron chi connectivity index (χ2n) is 7.16. The van der Waals surface area contributed by atoms with Crippen molar-refractivity contribution in [2.24, 2.45) is 0 Å². The molecule has 0 fully saturated rings. The zero-order chi connectivity index (χ0) is 17.3. The monoisotopic (exact) mass is 335 g/mol. The average molecular weight is 335 g/mol. The van der Waals surface area contributed by atoms with Crippen molar-refractivity contribution >= 4 is 11.1 Å². The van der Waals surface area contributed by atoms with Gasteiger partial charge in [0.25, 0.3) is 0 Å². The lowest BCUT2D eigenvalue weighted by Crippen LogP contribution is -1.98. The fourth-order valence-corrected chi connectivity index (χ4v) is 4.16. The number of allylic oxidation sites excluding steroid dienone is 4. The van der Waals surface area contributed by atoms with Gasteiger partial charge in [-0.3, -0.25) is 4.98 Å². The molecule has 1 nitrogen and oxygen atoms in total. The molecule has 0 saturated heterocycles. The van der Waals surface area contributed by atoms with E-state index in [1.165, 1.54) is 33.4 Å². The van der Waals surface area contributed by atoms with Gasteiger partial charge in [-0.05, 0) is 58.4 Å². The van der Waals surface area contributed by atoms with Crippen molar-refractivity contribution in [1.29, 1.82) is 0 Å². The van der Waals surface area contributed by atoms with Crippen LogP contribution in [0, 0.1) is 0 Å². The van der Waals surface area contributed by atoms with E-state index in [1.807, 2.05) is 0 Å². The van der Waals surface area contributed by atoms with Crippen LogP contribution in [0.1, 0.15) is 33.6 Å². The first-order valence-corrected chi connectivity index (χ1v) is 9.36. The summed E-state index contributed by atoms with van der Waals surface area (Å²) in [5.74, 6) is 0. The van der Waals surface area contributed by atoms with Crippen LogP contribution in [0.5, 0.6) is 0 Å². The summed E-state index contributed by atoms with van der Waals surface area (Å²) in [6, 6.07) is 23.9. The lowest BCUT2D eigenvalue weighted by molar-refractivity contribution is 1.04. The van der Waals surface area contributed by atoms with Crippen molar-refractivity contribution in [3.8, 4) is 0 Å². The number of benzene rings is 2. The van der Waals surface area contributed by atoms with Gasteiger partial charge in [-0.1, -0.05) is 66.7 Å². The summed E-state index contributed by atoms with van der Waals surface area (Å²) in [5, 5.41) is 0. The Balaban J connectivity index is 1.36. The molecule has 0 unspecified atom stereocenters. The maximum Gasteiger partial charge on any atom is 0.0450 e. The van der Waals surface area contributed by atoms with Crippen LogP contribution in [-0.4, -0.2) is 4.98 Å². The van der Waals surface area contributed by atoms with E-state index in [0.717, 1.165) is 37.1 Å². The molecule has 126 valence electrons. The van der Waals surface area contributed by atoms with Crippen molar-refractivity contribution < 1.29 is 0 Å². The van der Waals surface area contributed by atoms with E-state index in [0.29, 0.717) is 0 Å². The zero-order valence-corrected chi connectivity index (χ0v) is 14.8. The van der Waals surface area contributed by atoms with Crippen LogP contribution in [0.2, 0.25) is 0 Å². The van der Waals surface area contributed by atoms with Crippen LogP contribution in [0.3, 0.4) is 0 Å². The van der Waals surface area contributed by atoms with Gasteiger partial charge in [-0.15, -0.1) is 0 Å². The molecule has 2 aliphatic carbocycles. The Morgan fingerprint density at radius 2 is 1.08 bits per heavy atom. The second kappa shape index (κ2) is 6.42. The third-order valence-electron chi connectivity index (χ3n) is 5.47. The highest BCUT2D eigenvalue weighted by Crippen LogP contribution is 2.31. The molecule has 5 rings (SSSR count). The summed E-state index contributed by atoms with van der Waals surface area (Å²) in [4.78, 5) is 4.96. The van der Waals surface area contributed by atoms with Crippen molar-refractivity contribution in [2.45, 2.75) is 25.7 Å². The molecule has 0 spiro atoms. The highest BCUT2D eigenvalue weighted by Gasteiger charge is 2.16.